The van der Waals surface area contributed by atoms with Crippen molar-refractivity contribution >= 4 is 18.0 Å². The second-order valence-corrected chi connectivity index (χ2v) is 2.54. The largest absolute Gasteiger partial charge is 0.361 e. The molecule has 0 aliphatic rings. The molecule has 1 aromatic rings. The second kappa shape index (κ2) is 5.69. The van der Waals surface area contributed by atoms with E-state index >= 15 is 0 Å². The lowest BCUT2D eigenvalue weighted by atomic mass is 10.4. The van der Waals surface area contributed by atoms with Crippen molar-refractivity contribution in [2.24, 2.45) is 0 Å². The van der Waals surface area contributed by atoms with Gasteiger partial charge in [-0.25, -0.2) is 4.98 Å². The number of nitrogens with zero attached hydrogens (tertiary/aromatic N) is 1. The summed E-state index contributed by atoms with van der Waals surface area (Å²) in [4.78, 5) is 24.9. The highest BCUT2D eigenvalue weighted by atomic mass is 16.2. The summed E-state index contributed by atoms with van der Waals surface area (Å²) >= 11 is 0. The molecule has 5 heteroatoms. The van der Waals surface area contributed by atoms with Gasteiger partial charge in [0.2, 0.25) is 5.91 Å². The Hall–Kier alpha value is -1.91. The zero-order chi connectivity index (χ0) is 10.2. The van der Waals surface area contributed by atoms with E-state index < -0.39 is 0 Å². The third-order valence-corrected chi connectivity index (χ3v) is 1.48. The Kier molecular flexibility index (Phi) is 4.13. The minimum atomic E-state index is -0.234. The molecule has 0 unspecified atom stereocenters. The summed E-state index contributed by atoms with van der Waals surface area (Å²) in [6.45, 7) is 0.160. The van der Waals surface area contributed by atoms with Crippen molar-refractivity contribution in [2.45, 2.75) is 0 Å². The molecule has 1 amide bonds. The van der Waals surface area contributed by atoms with Crippen LogP contribution < -0.4 is 10.6 Å². The number of hydrogen-bond acceptors (Lipinski definition) is 4. The van der Waals surface area contributed by atoms with Gasteiger partial charge < -0.3 is 15.4 Å². The molecule has 0 bridgehead atoms. The molecule has 0 saturated carbocycles. The third-order valence-electron chi connectivity index (χ3n) is 1.48. The van der Waals surface area contributed by atoms with Crippen LogP contribution >= 0.6 is 0 Å². The highest BCUT2D eigenvalue weighted by molar-refractivity contribution is 5.82. The lowest BCUT2D eigenvalue weighted by Gasteiger charge is -2.04. The summed E-state index contributed by atoms with van der Waals surface area (Å²) in [5.74, 6) is 0.400. The Morgan fingerprint density at radius 3 is 3.00 bits per heavy atom. The van der Waals surface area contributed by atoms with Crippen molar-refractivity contribution in [3.05, 3.63) is 24.4 Å². The topological polar surface area (TPSA) is 71.1 Å². The first-order valence-corrected chi connectivity index (χ1v) is 4.18. The normalized spacial score (nSPS) is 9.14. The van der Waals surface area contributed by atoms with Crippen LogP contribution in [0.25, 0.3) is 0 Å². The van der Waals surface area contributed by atoms with E-state index in [1.165, 1.54) is 0 Å². The minimum Gasteiger partial charge on any atom is -0.361 e. The maximum absolute atomic E-state index is 11.0. The van der Waals surface area contributed by atoms with E-state index in [1.807, 2.05) is 6.07 Å². The molecule has 0 fully saturated rings. The number of amides is 1. The Labute approximate surface area is 81.5 Å². The molecule has 5 nitrogen and oxygen atoms in total. The summed E-state index contributed by atoms with van der Waals surface area (Å²) in [6, 6.07) is 5.36. The maximum Gasteiger partial charge on any atom is 0.239 e. The highest BCUT2D eigenvalue weighted by Crippen LogP contribution is 1.97. The molecule has 74 valence electrons. The van der Waals surface area contributed by atoms with Crippen molar-refractivity contribution in [1.29, 1.82) is 0 Å². The molecular weight excluding hydrogens is 182 g/mol. The van der Waals surface area contributed by atoms with E-state index in [4.69, 9.17) is 0 Å². The zero-order valence-electron chi connectivity index (χ0n) is 7.56. The van der Waals surface area contributed by atoms with Gasteiger partial charge in [0.1, 0.15) is 12.1 Å². The van der Waals surface area contributed by atoms with Crippen LogP contribution in [0.2, 0.25) is 0 Å². The van der Waals surface area contributed by atoms with Crippen LogP contribution in [0.4, 0.5) is 5.82 Å². The molecule has 1 heterocycles. The number of aromatic nitrogens is 1. The van der Waals surface area contributed by atoms with Crippen LogP contribution in [-0.2, 0) is 9.59 Å². The number of pyridine rings is 1. The first-order valence-electron chi connectivity index (χ1n) is 4.18. The number of carbonyl (C=O) groups excluding carboxylic acids is 2. The van der Waals surface area contributed by atoms with Crippen LogP contribution in [0.5, 0.6) is 0 Å². The van der Waals surface area contributed by atoms with Gasteiger partial charge in [-0.05, 0) is 12.1 Å². The Bertz CT molecular complexity index is 300. The van der Waals surface area contributed by atoms with Crippen LogP contribution in [0.1, 0.15) is 0 Å². The number of hydrogen-bond donors (Lipinski definition) is 2. The summed E-state index contributed by atoms with van der Waals surface area (Å²) in [6.07, 6.45) is 2.27. The van der Waals surface area contributed by atoms with Crippen molar-refractivity contribution in [2.75, 3.05) is 18.4 Å². The zero-order valence-corrected chi connectivity index (χ0v) is 7.56. The minimum absolute atomic E-state index is 0.0444. The predicted octanol–water partition coefficient (Wildman–Crippen LogP) is -0.191. The van der Waals surface area contributed by atoms with Crippen LogP contribution in [0.15, 0.2) is 24.4 Å². The fraction of sp³-hybridized carbons (Fsp3) is 0.222. The van der Waals surface area contributed by atoms with Gasteiger partial charge in [0, 0.05) is 6.20 Å². The summed E-state index contributed by atoms with van der Waals surface area (Å²) in [5, 5.41) is 5.22. The van der Waals surface area contributed by atoms with E-state index in [9.17, 15) is 9.59 Å². The average Bonchev–Trinajstić information content (AvgIpc) is 2.25. The molecule has 0 aliphatic heterocycles. The first-order chi connectivity index (χ1) is 6.83. The molecule has 0 aliphatic carbocycles. The van der Waals surface area contributed by atoms with Crippen molar-refractivity contribution in [3.8, 4) is 0 Å². The number of anilines is 1. The Morgan fingerprint density at radius 1 is 1.50 bits per heavy atom. The average molecular weight is 193 g/mol. The van der Waals surface area contributed by atoms with Crippen LogP contribution in [0, 0.1) is 0 Å². The molecular formula is C9H11N3O2. The van der Waals surface area contributed by atoms with E-state index in [0.717, 1.165) is 0 Å². The van der Waals surface area contributed by atoms with E-state index in [0.29, 0.717) is 12.1 Å². The van der Waals surface area contributed by atoms with Crippen molar-refractivity contribution in [3.63, 3.8) is 0 Å². The number of aldehydes is 1. The van der Waals surface area contributed by atoms with E-state index in [2.05, 4.69) is 15.6 Å². The lowest BCUT2D eigenvalue weighted by Crippen LogP contribution is -2.31. The number of carbonyl (C=O) groups is 2. The van der Waals surface area contributed by atoms with Gasteiger partial charge in [-0.15, -0.1) is 0 Å². The Morgan fingerprint density at radius 2 is 2.36 bits per heavy atom. The molecule has 0 aromatic carbocycles. The molecule has 14 heavy (non-hydrogen) atoms. The molecule has 0 spiro atoms. The highest BCUT2D eigenvalue weighted by Gasteiger charge is 1.99. The van der Waals surface area contributed by atoms with Crippen LogP contribution in [0.3, 0.4) is 0 Å². The smallest absolute Gasteiger partial charge is 0.239 e. The Balaban J connectivity index is 2.27. The molecule has 0 saturated heterocycles. The molecule has 1 aromatic heterocycles. The summed E-state index contributed by atoms with van der Waals surface area (Å²) in [7, 11) is 0. The summed E-state index contributed by atoms with van der Waals surface area (Å²) < 4.78 is 0. The quantitative estimate of drug-likeness (QED) is 0.636. The van der Waals surface area contributed by atoms with Crippen LogP contribution in [-0.4, -0.2) is 30.3 Å². The number of rotatable bonds is 5. The fourth-order valence-corrected chi connectivity index (χ4v) is 0.856. The SMILES string of the molecule is O=CCNC(=O)CNc1ccccn1. The summed E-state index contributed by atoms with van der Waals surface area (Å²) in [5.41, 5.74) is 0. The first kappa shape index (κ1) is 10.2. The monoisotopic (exact) mass is 193 g/mol. The number of nitrogens with one attached hydrogen (secondary N) is 2. The third kappa shape index (κ3) is 3.66. The molecule has 0 radical (unpaired) electrons. The van der Waals surface area contributed by atoms with E-state index in [1.54, 1.807) is 18.3 Å². The van der Waals surface area contributed by atoms with Gasteiger partial charge in [-0.2, -0.15) is 0 Å². The molecule has 0 atom stereocenters. The fourth-order valence-electron chi connectivity index (χ4n) is 0.856. The van der Waals surface area contributed by atoms with Crippen molar-refractivity contribution < 1.29 is 9.59 Å². The second-order valence-electron chi connectivity index (χ2n) is 2.54. The van der Waals surface area contributed by atoms with Gasteiger partial charge in [-0.3, -0.25) is 4.79 Å². The van der Waals surface area contributed by atoms with Gasteiger partial charge in [0.05, 0.1) is 13.1 Å². The van der Waals surface area contributed by atoms with Gasteiger partial charge in [-0.1, -0.05) is 6.07 Å². The van der Waals surface area contributed by atoms with Gasteiger partial charge in [0.15, 0.2) is 0 Å². The standard InChI is InChI=1S/C9H11N3O2/c13-6-5-11-9(14)7-12-8-3-1-2-4-10-8/h1-4,6H,5,7H2,(H,10,12)(H,11,14). The van der Waals surface area contributed by atoms with Crippen molar-refractivity contribution in [1.82, 2.24) is 10.3 Å². The van der Waals surface area contributed by atoms with Gasteiger partial charge in [0.25, 0.3) is 0 Å². The maximum atomic E-state index is 11.0. The lowest BCUT2D eigenvalue weighted by molar-refractivity contribution is -0.120. The van der Waals surface area contributed by atoms with Gasteiger partial charge >= 0.3 is 0 Å². The molecule has 1 rings (SSSR count). The molecule has 2 N–H and O–H groups in total. The predicted molar refractivity (Wildman–Crippen MR) is 51.8 cm³/mol. The van der Waals surface area contributed by atoms with E-state index in [-0.39, 0.29) is 19.0 Å².